The Balaban J connectivity index is 1.78. The Morgan fingerprint density at radius 3 is 2.63 bits per heavy atom. The van der Waals surface area contributed by atoms with Crippen LogP contribution in [0.2, 0.25) is 0 Å². The average Bonchev–Trinajstić information content (AvgIpc) is 3.21. The van der Waals surface area contributed by atoms with Gasteiger partial charge in [0.15, 0.2) is 0 Å². The van der Waals surface area contributed by atoms with Crippen LogP contribution >= 0.6 is 31.9 Å². The van der Waals surface area contributed by atoms with Gasteiger partial charge in [0.25, 0.3) is 0 Å². The maximum Gasteiger partial charge on any atom is 0.338 e. The van der Waals surface area contributed by atoms with Crippen molar-refractivity contribution in [1.29, 1.82) is 0 Å². The van der Waals surface area contributed by atoms with Gasteiger partial charge in [-0.05, 0) is 60.4 Å². The number of hydrogen-bond acceptors (Lipinski definition) is 4. The van der Waals surface area contributed by atoms with Crippen molar-refractivity contribution in [2.24, 2.45) is 0 Å². The fourth-order valence-electron chi connectivity index (χ4n) is 3.82. The molecule has 1 aliphatic rings. The number of carboxylic acid groups (broad SMARTS) is 1. The van der Waals surface area contributed by atoms with Crippen LogP contribution in [0.1, 0.15) is 61.0 Å². The van der Waals surface area contributed by atoms with E-state index in [4.69, 9.17) is 5.11 Å². The molecule has 30 heavy (non-hydrogen) atoms. The lowest BCUT2D eigenvalue weighted by Crippen LogP contribution is -2.33. The monoisotopic (exact) mass is 540 g/mol. The lowest BCUT2D eigenvalue weighted by Gasteiger charge is -2.32. The molecule has 1 aromatic heterocycles. The molecule has 1 saturated carbocycles. The Morgan fingerprint density at radius 1 is 1.30 bits per heavy atom. The van der Waals surface area contributed by atoms with Crippen LogP contribution in [0.15, 0.2) is 33.5 Å². The zero-order valence-corrected chi connectivity index (χ0v) is 20.2. The number of aromatic nitrogens is 2. The molecule has 1 heterocycles. The second-order valence-electron chi connectivity index (χ2n) is 7.81. The van der Waals surface area contributed by atoms with E-state index in [-0.39, 0.29) is 11.5 Å². The Kier molecular flexibility index (Phi) is 7.70. The molecule has 0 bridgehead atoms. The van der Waals surface area contributed by atoms with Crippen LogP contribution in [0, 0.1) is 0 Å². The summed E-state index contributed by atoms with van der Waals surface area (Å²) in [5.74, 6) is -1.34. The number of benzene rings is 1. The van der Waals surface area contributed by atoms with Crippen LogP contribution in [0.4, 0.5) is 5.69 Å². The lowest BCUT2D eigenvalue weighted by molar-refractivity contribution is -0.119. The van der Waals surface area contributed by atoms with Gasteiger partial charge in [-0.3, -0.25) is 14.4 Å². The first-order chi connectivity index (χ1) is 14.3. The van der Waals surface area contributed by atoms with E-state index in [1.165, 1.54) is 49.2 Å². The zero-order valence-electron chi connectivity index (χ0n) is 17.1. The molecule has 1 aromatic carbocycles. The predicted molar refractivity (Wildman–Crippen MR) is 123 cm³/mol. The van der Waals surface area contributed by atoms with Gasteiger partial charge in [0.2, 0.25) is 5.91 Å². The number of amides is 1. The Morgan fingerprint density at radius 2 is 2.00 bits per heavy atom. The van der Waals surface area contributed by atoms with Crippen LogP contribution in [0.25, 0.3) is 0 Å². The first-order valence-electron chi connectivity index (χ1n) is 10.0. The van der Waals surface area contributed by atoms with Crippen LogP contribution in [-0.4, -0.2) is 44.8 Å². The third-order valence-electron chi connectivity index (χ3n) is 5.63. The van der Waals surface area contributed by atoms with E-state index in [0.717, 1.165) is 26.7 Å². The minimum absolute atomic E-state index is 0.0502. The van der Waals surface area contributed by atoms with E-state index in [2.05, 4.69) is 54.2 Å². The molecule has 2 aromatic rings. The van der Waals surface area contributed by atoms with Gasteiger partial charge in [-0.2, -0.15) is 5.10 Å². The van der Waals surface area contributed by atoms with Crippen molar-refractivity contribution in [3.05, 3.63) is 44.6 Å². The van der Waals surface area contributed by atoms with Crippen LogP contribution in [0.5, 0.6) is 0 Å². The van der Waals surface area contributed by atoms with Crippen molar-refractivity contribution >= 4 is 49.4 Å². The molecular formula is C21H26Br2N4O3. The maximum absolute atomic E-state index is 12.9. The van der Waals surface area contributed by atoms with E-state index in [1.807, 2.05) is 12.1 Å². The Labute approximate surface area is 193 Å². The molecule has 1 atom stereocenters. The topological polar surface area (TPSA) is 87.5 Å². The van der Waals surface area contributed by atoms with E-state index in [1.54, 1.807) is 6.92 Å². The van der Waals surface area contributed by atoms with Gasteiger partial charge in [0, 0.05) is 27.7 Å². The van der Waals surface area contributed by atoms with Gasteiger partial charge in [-0.1, -0.05) is 35.2 Å². The molecule has 1 fully saturated rings. The molecule has 1 amide bonds. The van der Waals surface area contributed by atoms with Crippen LogP contribution in [-0.2, 0) is 11.3 Å². The highest BCUT2D eigenvalue weighted by Gasteiger charge is 2.23. The minimum Gasteiger partial charge on any atom is -0.478 e. The number of hydrogen-bond donors (Lipinski definition) is 2. The predicted octanol–water partition coefficient (Wildman–Crippen LogP) is 5.07. The summed E-state index contributed by atoms with van der Waals surface area (Å²) in [6.07, 6.45) is 8.85. The molecule has 3 rings (SSSR count). The van der Waals surface area contributed by atoms with E-state index < -0.39 is 12.0 Å². The number of rotatable bonds is 7. The van der Waals surface area contributed by atoms with Crippen molar-refractivity contribution in [3.63, 3.8) is 0 Å². The standard InChI is InChI=1S/C21H26Br2N4O3/c1-13(27-12-15(10-24-27)21(29)30)20(28)25-19-14(8-16(22)9-18(19)23)11-26(2)17-6-4-3-5-7-17/h8-10,12-13,17H,3-7,11H2,1-2H3,(H,25,28)(H,29,30). The maximum atomic E-state index is 12.9. The van der Waals surface area contributed by atoms with Crippen molar-refractivity contribution in [3.8, 4) is 0 Å². The summed E-state index contributed by atoms with van der Waals surface area (Å²) in [5.41, 5.74) is 1.79. The summed E-state index contributed by atoms with van der Waals surface area (Å²) in [7, 11) is 2.14. The number of anilines is 1. The number of carbonyl (C=O) groups excluding carboxylic acids is 1. The molecule has 1 aliphatic carbocycles. The summed E-state index contributed by atoms with van der Waals surface area (Å²) >= 11 is 7.13. The highest BCUT2D eigenvalue weighted by atomic mass is 79.9. The quantitative estimate of drug-likeness (QED) is 0.511. The average molecular weight is 542 g/mol. The molecule has 2 N–H and O–H groups in total. The first-order valence-corrected chi connectivity index (χ1v) is 11.6. The zero-order chi connectivity index (χ0) is 21.8. The number of nitrogens with one attached hydrogen (secondary N) is 1. The normalized spacial score (nSPS) is 15.9. The molecule has 1 unspecified atom stereocenters. The highest BCUT2D eigenvalue weighted by Crippen LogP contribution is 2.33. The summed E-state index contributed by atoms with van der Waals surface area (Å²) in [6, 6.07) is 3.83. The van der Waals surface area contributed by atoms with Crippen molar-refractivity contribution < 1.29 is 14.7 Å². The fourth-order valence-corrected chi connectivity index (χ4v) is 5.23. The van der Waals surface area contributed by atoms with Gasteiger partial charge >= 0.3 is 5.97 Å². The van der Waals surface area contributed by atoms with Crippen molar-refractivity contribution in [2.45, 2.75) is 57.7 Å². The van der Waals surface area contributed by atoms with Gasteiger partial charge in [-0.15, -0.1) is 0 Å². The van der Waals surface area contributed by atoms with Crippen LogP contribution < -0.4 is 5.32 Å². The molecule has 0 saturated heterocycles. The number of carboxylic acids is 1. The van der Waals surface area contributed by atoms with Crippen LogP contribution in [0.3, 0.4) is 0 Å². The van der Waals surface area contributed by atoms with E-state index >= 15 is 0 Å². The summed E-state index contributed by atoms with van der Waals surface area (Å²) in [4.78, 5) is 26.3. The third kappa shape index (κ3) is 5.50. The number of carbonyl (C=O) groups is 2. The van der Waals surface area contributed by atoms with Gasteiger partial charge in [0.05, 0.1) is 17.4 Å². The molecule has 7 nitrogen and oxygen atoms in total. The number of aromatic carboxylic acids is 1. The largest absolute Gasteiger partial charge is 0.478 e. The molecule has 162 valence electrons. The Bertz CT molecular complexity index is 925. The second-order valence-corrected chi connectivity index (χ2v) is 9.58. The second kappa shape index (κ2) is 10.1. The van der Waals surface area contributed by atoms with E-state index in [0.29, 0.717) is 6.04 Å². The Hall–Kier alpha value is -1.71. The smallest absolute Gasteiger partial charge is 0.338 e. The summed E-state index contributed by atoms with van der Waals surface area (Å²) < 4.78 is 3.08. The van der Waals surface area contributed by atoms with Gasteiger partial charge < -0.3 is 10.4 Å². The fraction of sp³-hybridized carbons (Fsp3) is 0.476. The first kappa shape index (κ1) is 23.0. The van der Waals surface area contributed by atoms with Gasteiger partial charge in [0.1, 0.15) is 6.04 Å². The number of nitrogens with zero attached hydrogens (tertiary/aromatic N) is 3. The molecule has 0 radical (unpaired) electrons. The summed E-state index contributed by atoms with van der Waals surface area (Å²) in [6.45, 7) is 2.41. The van der Waals surface area contributed by atoms with Gasteiger partial charge in [-0.25, -0.2) is 4.79 Å². The third-order valence-corrected chi connectivity index (χ3v) is 6.71. The molecule has 9 heteroatoms. The lowest BCUT2D eigenvalue weighted by atomic mass is 9.94. The highest BCUT2D eigenvalue weighted by molar-refractivity contribution is 9.11. The SMILES string of the molecule is CC(C(=O)Nc1c(Br)cc(Br)cc1CN(C)C1CCCCC1)n1cc(C(=O)O)cn1. The summed E-state index contributed by atoms with van der Waals surface area (Å²) in [5, 5.41) is 16.1. The van der Waals surface area contributed by atoms with Crippen molar-refractivity contribution in [2.75, 3.05) is 12.4 Å². The van der Waals surface area contributed by atoms with E-state index in [9.17, 15) is 9.59 Å². The number of halogens is 2. The molecular weight excluding hydrogens is 516 g/mol. The molecule has 0 spiro atoms. The minimum atomic E-state index is -1.07. The van der Waals surface area contributed by atoms with Crippen molar-refractivity contribution in [1.82, 2.24) is 14.7 Å². The molecule has 0 aliphatic heterocycles.